The first-order chi connectivity index (χ1) is 9.28. The number of fused-ring (bicyclic) bond motifs is 1. The zero-order valence-corrected chi connectivity index (χ0v) is 11.6. The first-order valence-electron chi connectivity index (χ1n) is 6.37. The van der Waals surface area contributed by atoms with E-state index in [4.69, 9.17) is 21.3 Å². The van der Waals surface area contributed by atoms with E-state index in [-0.39, 0.29) is 0 Å². The molecular formula is C15H16ClNO2. The van der Waals surface area contributed by atoms with Crippen LogP contribution in [0.25, 0.3) is 6.08 Å². The van der Waals surface area contributed by atoms with Crippen molar-refractivity contribution in [3.05, 3.63) is 41.0 Å². The van der Waals surface area contributed by atoms with Crippen LogP contribution in [0.5, 0.6) is 5.75 Å². The Morgan fingerprint density at radius 1 is 1.32 bits per heavy atom. The second kappa shape index (κ2) is 5.27. The second-order valence-electron chi connectivity index (χ2n) is 4.67. The van der Waals surface area contributed by atoms with Crippen molar-refractivity contribution in [3.63, 3.8) is 0 Å². The lowest BCUT2D eigenvalue weighted by molar-refractivity contribution is 0.155. The highest BCUT2D eigenvalue weighted by molar-refractivity contribution is 6.26. The molecule has 2 heterocycles. The molecule has 3 rings (SSSR count). The third kappa shape index (κ3) is 2.48. The Hall–Kier alpha value is -1.45. The van der Waals surface area contributed by atoms with Gasteiger partial charge >= 0.3 is 0 Å². The van der Waals surface area contributed by atoms with Crippen LogP contribution in [0.3, 0.4) is 0 Å². The van der Waals surface area contributed by atoms with Gasteiger partial charge < -0.3 is 9.47 Å². The Bertz CT molecular complexity index is 551. The average Bonchev–Trinajstić information content (AvgIpc) is 2.48. The van der Waals surface area contributed by atoms with Crippen LogP contribution in [0.1, 0.15) is 12.0 Å². The zero-order chi connectivity index (χ0) is 13.2. The van der Waals surface area contributed by atoms with Crippen molar-refractivity contribution in [2.75, 3.05) is 31.3 Å². The summed E-state index contributed by atoms with van der Waals surface area (Å²) in [5.41, 5.74) is 4.75. The first-order valence-corrected chi connectivity index (χ1v) is 6.71. The lowest BCUT2D eigenvalue weighted by Crippen LogP contribution is -2.21. The number of hydrogen-bond donors (Lipinski definition) is 0. The van der Waals surface area contributed by atoms with Gasteiger partial charge in [-0.2, -0.15) is 0 Å². The summed E-state index contributed by atoms with van der Waals surface area (Å²) in [7, 11) is 1.66. The molecule has 0 atom stereocenters. The van der Waals surface area contributed by atoms with E-state index < -0.39 is 0 Å². The SMILES string of the molecule is COc1ccc2c(c1)N(Cl)CC(C1=CCOCC1)=C2. The van der Waals surface area contributed by atoms with Crippen LogP contribution in [0.15, 0.2) is 35.4 Å². The van der Waals surface area contributed by atoms with Gasteiger partial charge in [-0.1, -0.05) is 6.08 Å². The summed E-state index contributed by atoms with van der Waals surface area (Å²) in [5, 5.41) is 0. The Kier molecular flexibility index (Phi) is 3.49. The van der Waals surface area contributed by atoms with Crippen LogP contribution < -0.4 is 9.16 Å². The Morgan fingerprint density at radius 3 is 2.95 bits per heavy atom. The van der Waals surface area contributed by atoms with Crippen LogP contribution in [0, 0.1) is 0 Å². The molecular weight excluding hydrogens is 262 g/mol. The average molecular weight is 278 g/mol. The van der Waals surface area contributed by atoms with Gasteiger partial charge in [-0.3, -0.25) is 4.42 Å². The lowest BCUT2D eigenvalue weighted by Gasteiger charge is -2.27. The fourth-order valence-electron chi connectivity index (χ4n) is 2.46. The molecule has 0 radical (unpaired) electrons. The maximum Gasteiger partial charge on any atom is 0.121 e. The van der Waals surface area contributed by atoms with Gasteiger partial charge in [-0.05, 0) is 41.3 Å². The van der Waals surface area contributed by atoms with Crippen LogP contribution in [-0.4, -0.2) is 26.9 Å². The van der Waals surface area contributed by atoms with Gasteiger partial charge in [0, 0.05) is 17.8 Å². The van der Waals surface area contributed by atoms with Crippen molar-refractivity contribution >= 4 is 23.5 Å². The van der Waals surface area contributed by atoms with E-state index in [0.29, 0.717) is 13.2 Å². The molecule has 19 heavy (non-hydrogen) atoms. The number of benzene rings is 1. The summed E-state index contributed by atoms with van der Waals surface area (Å²) < 4.78 is 12.3. The molecule has 2 aliphatic rings. The van der Waals surface area contributed by atoms with Crippen molar-refractivity contribution in [1.29, 1.82) is 0 Å². The van der Waals surface area contributed by atoms with Gasteiger partial charge in [0.05, 0.1) is 32.6 Å². The van der Waals surface area contributed by atoms with Crippen molar-refractivity contribution in [3.8, 4) is 5.75 Å². The van der Waals surface area contributed by atoms with Crippen molar-refractivity contribution < 1.29 is 9.47 Å². The van der Waals surface area contributed by atoms with Crippen molar-refractivity contribution in [2.24, 2.45) is 0 Å². The topological polar surface area (TPSA) is 21.7 Å². The van der Waals surface area contributed by atoms with Crippen LogP contribution in [-0.2, 0) is 4.74 Å². The largest absolute Gasteiger partial charge is 0.497 e. The third-order valence-corrected chi connectivity index (χ3v) is 3.82. The molecule has 0 aliphatic carbocycles. The van der Waals surface area contributed by atoms with E-state index in [1.807, 2.05) is 18.2 Å². The number of rotatable bonds is 2. The molecule has 2 aliphatic heterocycles. The molecule has 4 heteroatoms. The summed E-state index contributed by atoms with van der Waals surface area (Å²) in [5.74, 6) is 0.825. The maximum absolute atomic E-state index is 6.37. The van der Waals surface area contributed by atoms with E-state index in [1.165, 1.54) is 11.1 Å². The van der Waals surface area contributed by atoms with E-state index in [9.17, 15) is 0 Å². The Morgan fingerprint density at radius 2 is 2.21 bits per heavy atom. The molecule has 0 saturated carbocycles. The van der Waals surface area contributed by atoms with E-state index >= 15 is 0 Å². The summed E-state index contributed by atoms with van der Waals surface area (Å²) >= 11 is 6.37. The fourth-order valence-corrected chi connectivity index (χ4v) is 2.74. The molecule has 0 amide bonds. The van der Waals surface area contributed by atoms with E-state index in [1.54, 1.807) is 11.5 Å². The number of ether oxygens (including phenoxy) is 2. The number of anilines is 1. The summed E-state index contributed by atoms with van der Waals surface area (Å²) in [6, 6.07) is 5.97. The predicted octanol–water partition coefficient (Wildman–Crippen LogP) is 3.40. The predicted molar refractivity (Wildman–Crippen MR) is 77.7 cm³/mol. The van der Waals surface area contributed by atoms with Crippen LogP contribution >= 0.6 is 11.8 Å². The summed E-state index contributed by atoms with van der Waals surface area (Å²) in [4.78, 5) is 0. The van der Waals surface area contributed by atoms with Gasteiger partial charge in [0.25, 0.3) is 0 Å². The smallest absolute Gasteiger partial charge is 0.121 e. The highest BCUT2D eigenvalue weighted by Crippen LogP contribution is 2.36. The fraction of sp³-hybridized carbons (Fsp3) is 0.333. The van der Waals surface area contributed by atoms with E-state index in [2.05, 4.69) is 12.2 Å². The van der Waals surface area contributed by atoms with Crippen LogP contribution in [0.2, 0.25) is 0 Å². The highest BCUT2D eigenvalue weighted by atomic mass is 35.5. The number of methoxy groups -OCH3 is 1. The molecule has 0 spiro atoms. The highest BCUT2D eigenvalue weighted by Gasteiger charge is 2.20. The Labute approximate surface area is 118 Å². The van der Waals surface area contributed by atoms with Gasteiger partial charge in [0.1, 0.15) is 5.75 Å². The monoisotopic (exact) mass is 277 g/mol. The standard InChI is InChI=1S/C15H16ClNO2/c1-18-14-3-2-12-8-13(10-17(16)15(12)9-14)11-4-6-19-7-5-11/h2-4,8-9H,5-7,10H2,1H3. The number of nitrogens with zero attached hydrogens (tertiary/aromatic N) is 1. The molecule has 3 nitrogen and oxygen atoms in total. The molecule has 0 saturated heterocycles. The van der Waals surface area contributed by atoms with Crippen molar-refractivity contribution in [2.45, 2.75) is 6.42 Å². The maximum atomic E-state index is 6.37. The minimum atomic E-state index is 0.699. The second-order valence-corrected chi connectivity index (χ2v) is 5.08. The van der Waals surface area contributed by atoms with Gasteiger partial charge in [-0.25, -0.2) is 0 Å². The Balaban J connectivity index is 1.97. The van der Waals surface area contributed by atoms with Crippen molar-refractivity contribution in [1.82, 2.24) is 0 Å². The lowest BCUT2D eigenvalue weighted by atomic mass is 9.95. The molecule has 0 unspecified atom stereocenters. The molecule has 0 bridgehead atoms. The molecule has 100 valence electrons. The van der Waals surface area contributed by atoms with E-state index in [0.717, 1.165) is 30.0 Å². The molecule has 0 aromatic heterocycles. The first kappa shape index (κ1) is 12.6. The number of hydrogen-bond acceptors (Lipinski definition) is 3. The minimum Gasteiger partial charge on any atom is -0.497 e. The number of halogens is 1. The minimum absolute atomic E-state index is 0.699. The van der Waals surface area contributed by atoms with Gasteiger partial charge in [0.2, 0.25) is 0 Å². The van der Waals surface area contributed by atoms with Gasteiger partial charge in [-0.15, -0.1) is 0 Å². The normalized spacial score (nSPS) is 18.5. The molecule has 0 N–H and O–H groups in total. The van der Waals surface area contributed by atoms with Crippen LogP contribution in [0.4, 0.5) is 5.69 Å². The quantitative estimate of drug-likeness (QED) is 0.774. The zero-order valence-electron chi connectivity index (χ0n) is 10.9. The molecule has 1 aromatic carbocycles. The molecule has 1 aromatic rings. The van der Waals surface area contributed by atoms with Gasteiger partial charge in [0.15, 0.2) is 0 Å². The third-order valence-electron chi connectivity index (χ3n) is 3.51. The molecule has 0 fully saturated rings. The summed E-state index contributed by atoms with van der Waals surface area (Å²) in [6.45, 7) is 2.21. The summed E-state index contributed by atoms with van der Waals surface area (Å²) in [6.07, 6.45) is 5.32.